The average molecular weight is 385 g/mol. The first-order valence-electron chi connectivity index (χ1n) is 8.83. The molecule has 0 saturated carbocycles. The topological polar surface area (TPSA) is 63.6 Å². The number of halogens is 2. The van der Waals surface area contributed by atoms with Crippen molar-refractivity contribution in [3.05, 3.63) is 70.3 Å². The van der Waals surface area contributed by atoms with Crippen molar-refractivity contribution < 1.29 is 18.7 Å². The maximum absolute atomic E-state index is 14.8. The number of rotatable bonds is 3. The molecule has 0 unspecified atom stereocenters. The Morgan fingerprint density at radius 3 is 2.50 bits per heavy atom. The van der Waals surface area contributed by atoms with E-state index >= 15 is 0 Å². The Balaban J connectivity index is 2.01. The molecule has 6 nitrogen and oxygen atoms in total. The molecule has 1 saturated heterocycles. The van der Waals surface area contributed by atoms with E-state index in [1.165, 1.54) is 6.20 Å². The molecule has 2 heterocycles. The van der Waals surface area contributed by atoms with E-state index in [0.717, 1.165) is 19.2 Å². The lowest BCUT2D eigenvalue weighted by atomic mass is 10.1. The maximum Gasteiger partial charge on any atom is 0.385 e. The van der Waals surface area contributed by atoms with Crippen LogP contribution in [0.15, 0.2) is 53.5 Å². The number of pyridine rings is 1. The van der Waals surface area contributed by atoms with Crippen LogP contribution in [0.5, 0.6) is 0 Å². The molecule has 2 aromatic carbocycles. The number of hydrogen-bond donors (Lipinski definition) is 1. The van der Waals surface area contributed by atoms with Crippen molar-refractivity contribution >= 4 is 22.6 Å². The third-order valence-electron chi connectivity index (χ3n) is 4.85. The van der Waals surface area contributed by atoms with Crippen LogP contribution in [0.1, 0.15) is 10.4 Å². The van der Waals surface area contributed by atoms with E-state index in [1.807, 2.05) is 11.0 Å². The molecule has 4 rings (SSSR count). The van der Waals surface area contributed by atoms with Gasteiger partial charge in [0.05, 0.1) is 11.2 Å². The van der Waals surface area contributed by atoms with E-state index in [4.69, 9.17) is 0 Å². The number of hydrogen-bond acceptors (Lipinski definition) is 5. The van der Waals surface area contributed by atoms with Crippen molar-refractivity contribution in [1.82, 2.24) is 9.88 Å². The van der Waals surface area contributed by atoms with Crippen molar-refractivity contribution in [2.75, 3.05) is 31.1 Å². The number of anilines is 1. The van der Waals surface area contributed by atoms with Gasteiger partial charge in [-0.25, -0.2) is 14.1 Å². The second-order valence-corrected chi connectivity index (χ2v) is 6.50. The Labute approximate surface area is 158 Å². The van der Waals surface area contributed by atoms with Gasteiger partial charge in [-0.05, 0) is 24.3 Å². The lowest BCUT2D eigenvalue weighted by molar-refractivity contribution is -0.0789. The van der Waals surface area contributed by atoms with Gasteiger partial charge in [-0.15, -0.1) is 0 Å². The summed E-state index contributed by atoms with van der Waals surface area (Å²) in [6.45, 7) is 2.71. The molecule has 0 bridgehead atoms. The summed E-state index contributed by atoms with van der Waals surface area (Å²) in [6.07, 6.45) is 1.22. The molecule has 0 aliphatic carbocycles. The number of carbonyl (C=O) groups is 1. The fraction of sp³-hybridized carbons (Fsp3) is 0.200. The van der Waals surface area contributed by atoms with Crippen LogP contribution in [0, 0.1) is 5.82 Å². The van der Waals surface area contributed by atoms with Crippen LogP contribution in [0.4, 0.5) is 14.6 Å². The first-order valence-corrected chi connectivity index (χ1v) is 8.83. The molecule has 0 amide bonds. The molecule has 28 heavy (non-hydrogen) atoms. The summed E-state index contributed by atoms with van der Waals surface area (Å²) < 4.78 is 28.9. The highest BCUT2D eigenvalue weighted by atomic mass is 19.3. The molecule has 3 aromatic rings. The number of fused-ring (bicyclic) bond motifs is 1. The zero-order valence-electron chi connectivity index (χ0n) is 14.8. The number of piperazine rings is 1. The quantitative estimate of drug-likeness (QED) is 0.751. The maximum atomic E-state index is 14.8. The Hall–Kier alpha value is -3.26. The van der Waals surface area contributed by atoms with E-state index in [1.54, 1.807) is 34.9 Å². The van der Waals surface area contributed by atoms with Gasteiger partial charge in [-0.2, -0.15) is 0 Å². The summed E-state index contributed by atoms with van der Waals surface area (Å²) in [6, 6.07) is 11.6. The van der Waals surface area contributed by atoms with E-state index in [2.05, 4.69) is 10.3 Å². The zero-order valence-corrected chi connectivity index (χ0v) is 14.8. The molecule has 1 aromatic heterocycles. The normalized spacial score (nSPS) is 14.3. The second-order valence-electron chi connectivity index (χ2n) is 6.50. The number of para-hydroxylation sites is 1. The Kier molecular flexibility index (Phi) is 4.79. The molecule has 0 radical (unpaired) electrons. The standard InChI is InChI=1S/C20H17F2N3O3/c21-16-10-14-17(11-18(16)24-8-6-23-7-9-24)25(13-4-2-1-3-5-13)12-15(19(14)26)20(27)28-22/h1-5,10-12,23H,6-9H2. The number of aromatic nitrogens is 1. The summed E-state index contributed by atoms with van der Waals surface area (Å²) in [5.41, 5.74) is 0.141. The number of nitrogens with one attached hydrogen (secondary N) is 1. The summed E-state index contributed by atoms with van der Waals surface area (Å²) in [5, 5.41) is 3.18. The van der Waals surface area contributed by atoms with Crippen LogP contribution in [-0.2, 0) is 4.94 Å². The second kappa shape index (κ2) is 7.40. The highest BCUT2D eigenvalue weighted by Gasteiger charge is 2.22. The minimum Gasteiger partial charge on any atom is -0.367 e. The van der Waals surface area contributed by atoms with Gasteiger partial charge in [0.25, 0.3) is 0 Å². The first kappa shape index (κ1) is 18.1. The fourth-order valence-corrected chi connectivity index (χ4v) is 3.47. The van der Waals surface area contributed by atoms with Crippen molar-refractivity contribution in [3.8, 4) is 5.69 Å². The van der Waals surface area contributed by atoms with E-state index < -0.39 is 22.8 Å². The highest BCUT2D eigenvalue weighted by Crippen LogP contribution is 2.27. The molecule has 1 fully saturated rings. The molecular formula is C20H17F2N3O3. The lowest BCUT2D eigenvalue weighted by Gasteiger charge is -2.30. The third-order valence-corrected chi connectivity index (χ3v) is 4.85. The van der Waals surface area contributed by atoms with Crippen molar-refractivity contribution in [3.63, 3.8) is 0 Å². The molecule has 8 heteroatoms. The summed E-state index contributed by atoms with van der Waals surface area (Å²) >= 11 is 0. The Morgan fingerprint density at radius 1 is 1.11 bits per heavy atom. The summed E-state index contributed by atoms with van der Waals surface area (Å²) in [7, 11) is 0. The molecule has 0 atom stereocenters. The average Bonchev–Trinajstić information content (AvgIpc) is 2.74. The van der Waals surface area contributed by atoms with Crippen molar-refractivity contribution in [1.29, 1.82) is 0 Å². The highest BCUT2D eigenvalue weighted by molar-refractivity contribution is 5.95. The van der Waals surface area contributed by atoms with Crippen LogP contribution in [-0.4, -0.2) is 36.7 Å². The molecular weight excluding hydrogens is 368 g/mol. The number of benzene rings is 2. The number of carbonyl (C=O) groups excluding carboxylic acids is 1. The van der Waals surface area contributed by atoms with Crippen molar-refractivity contribution in [2.45, 2.75) is 0 Å². The molecule has 144 valence electrons. The monoisotopic (exact) mass is 385 g/mol. The molecule has 0 spiro atoms. The third kappa shape index (κ3) is 3.11. The zero-order chi connectivity index (χ0) is 19.7. The van der Waals surface area contributed by atoms with E-state index in [-0.39, 0.29) is 5.39 Å². The smallest absolute Gasteiger partial charge is 0.367 e. The van der Waals surface area contributed by atoms with Crippen LogP contribution in [0.25, 0.3) is 16.6 Å². The number of nitrogens with zero attached hydrogens (tertiary/aromatic N) is 2. The van der Waals surface area contributed by atoms with Gasteiger partial charge in [0.1, 0.15) is 11.4 Å². The predicted molar refractivity (Wildman–Crippen MR) is 101 cm³/mol. The van der Waals surface area contributed by atoms with Gasteiger partial charge >= 0.3 is 5.97 Å². The van der Waals surface area contributed by atoms with Crippen LogP contribution in [0.2, 0.25) is 0 Å². The SMILES string of the molecule is O=C(OF)c1cn(-c2ccccc2)c2cc(N3CCNCC3)c(F)cc2c1=O. The first-order chi connectivity index (χ1) is 13.6. The van der Waals surface area contributed by atoms with Crippen LogP contribution >= 0.6 is 0 Å². The molecule has 1 N–H and O–H groups in total. The predicted octanol–water partition coefficient (Wildman–Crippen LogP) is 2.58. The summed E-state index contributed by atoms with van der Waals surface area (Å²) in [5.74, 6) is -1.99. The van der Waals surface area contributed by atoms with E-state index in [0.29, 0.717) is 30.0 Å². The molecule has 1 aliphatic heterocycles. The van der Waals surface area contributed by atoms with Crippen LogP contribution < -0.4 is 15.6 Å². The van der Waals surface area contributed by atoms with Gasteiger partial charge in [-0.3, -0.25) is 4.79 Å². The Bertz CT molecular complexity index is 1090. The van der Waals surface area contributed by atoms with Crippen molar-refractivity contribution in [2.24, 2.45) is 0 Å². The minimum absolute atomic E-state index is 0.0249. The van der Waals surface area contributed by atoms with Gasteiger partial charge in [0.15, 0.2) is 0 Å². The van der Waals surface area contributed by atoms with E-state index in [9.17, 15) is 18.5 Å². The summed E-state index contributed by atoms with van der Waals surface area (Å²) in [4.78, 5) is 29.6. The Morgan fingerprint density at radius 2 is 1.82 bits per heavy atom. The van der Waals surface area contributed by atoms with Crippen LogP contribution in [0.3, 0.4) is 0 Å². The van der Waals surface area contributed by atoms with Gasteiger partial charge in [-0.1, -0.05) is 18.2 Å². The minimum atomic E-state index is -1.41. The largest absolute Gasteiger partial charge is 0.385 e. The van der Waals surface area contributed by atoms with Gasteiger partial charge < -0.3 is 14.8 Å². The fourth-order valence-electron chi connectivity index (χ4n) is 3.47. The van der Waals surface area contributed by atoms with Gasteiger partial charge in [0, 0.05) is 48.0 Å². The van der Waals surface area contributed by atoms with Gasteiger partial charge in [0.2, 0.25) is 5.43 Å². The lowest BCUT2D eigenvalue weighted by Crippen LogP contribution is -2.43. The molecule has 1 aliphatic rings.